The molecule has 1 N–H and O–H groups in total. The van der Waals surface area contributed by atoms with Crippen LogP contribution in [0.25, 0.3) is 11.0 Å². The van der Waals surface area contributed by atoms with Gasteiger partial charge >= 0.3 is 0 Å². The highest BCUT2D eigenvalue weighted by molar-refractivity contribution is 6.32. The number of carbonyl (C=O) groups is 1. The summed E-state index contributed by atoms with van der Waals surface area (Å²) in [5.74, 6) is 0.191. The minimum atomic E-state index is -0.700. The summed E-state index contributed by atoms with van der Waals surface area (Å²) < 4.78 is 7.46. The van der Waals surface area contributed by atoms with Crippen LogP contribution in [0.4, 0.5) is 5.69 Å². The lowest BCUT2D eigenvalue weighted by molar-refractivity contribution is -0.122. The van der Waals surface area contributed by atoms with Gasteiger partial charge in [0.15, 0.2) is 11.8 Å². The number of fused-ring (bicyclic) bond motifs is 1. The van der Waals surface area contributed by atoms with E-state index in [4.69, 9.17) is 16.3 Å². The number of nitrogens with zero attached hydrogens (tertiary/aromatic N) is 3. The van der Waals surface area contributed by atoms with Gasteiger partial charge in [0.25, 0.3) is 5.91 Å². The quantitative estimate of drug-likeness (QED) is 0.746. The maximum Gasteiger partial charge on any atom is 0.265 e. The summed E-state index contributed by atoms with van der Waals surface area (Å²) in [5.41, 5.74) is 1.38. The zero-order valence-corrected chi connectivity index (χ0v) is 15.0. The van der Waals surface area contributed by atoms with E-state index in [2.05, 4.69) is 15.4 Å². The summed E-state index contributed by atoms with van der Waals surface area (Å²) in [4.78, 5) is 16.7. The van der Waals surface area contributed by atoms with Gasteiger partial charge in [-0.05, 0) is 39.0 Å². The second-order valence-electron chi connectivity index (χ2n) is 6.00. The SMILES string of the molecule is CC(Oc1ccccc1Cl)C(=O)Nc1cnc2c(cnn2C(C)C)c1. The van der Waals surface area contributed by atoms with Crippen molar-refractivity contribution in [1.29, 1.82) is 0 Å². The standard InChI is InChI=1S/C18H19ClN4O2/c1-11(2)23-17-13(9-21-23)8-14(10-20-17)22-18(24)12(3)25-16-7-5-4-6-15(16)19/h4-12H,1-3H3,(H,22,24). The van der Waals surface area contributed by atoms with Crippen molar-refractivity contribution in [2.45, 2.75) is 32.9 Å². The number of hydrogen-bond acceptors (Lipinski definition) is 4. The van der Waals surface area contributed by atoms with Crippen molar-refractivity contribution in [3.05, 3.63) is 47.7 Å². The number of aromatic nitrogens is 3. The van der Waals surface area contributed by atoms with E-state index in [0.29, 0.717) is 16.5 Å². The van der Waals surface area contributed by atoms with Crippen LogP contribution in [0.5, 0.6) is 5.75 Å². The van der Waals surface area contributed by atoms with E-state index in [9.17, 15) is 4.79 Å². The van der Waals surface area contributed by atoms with Gasteiger partial charge in [0.2, 0.25) is 0 Å². The lowest BCUT2D eigenvalue weighted by atomic mass is 10.3. The zero-order chi connectivity index (χ0) is 18.0. The molecule has 0 fully saturated rings. The van der Waals surface area contributed by atoms with E-state index < -0.39 is 6.10 Å². The molecule has 0 bridgehead atoms. The number of carbonyl (C=O) groups excluding carboxylic acids is 1. The van der Waals surface area contributed by atoms with Crippen molar-refractivity contribution < 1.29 is 9.53 Å². The second-order valence-corrected chi connectivity index (χ2v) is 6.41. The van der Waals surface area contributed by atoms with Crippen molar-refractivity contribution in [2.75, 3.05) is 5.32 Å². The van der Waals surface area contributed by atoms with E-state index in [0.717, 1.165) is 11.0 Å². The highest BCUT2D eigenvalue weighted by Gasteiger charge is 2.17. The number of halogens is 1. The molecule has 6 nitrogen and oxygen atoms in total. The van der Waals surface area contributed by atoms with Gasteiger partial charge in [-0.15, -0.1) is 0 Å². The molecule has 1 unspecified atom stereocenters. The van der Waals surface area contributed by atoms with E-state index in [1.807, 2.05) is 24.6 Å². The molecular weight excluding hydrogens is 340 g/mol. The number of benzene rings is 1. The molecule has 0 saturated heterocycles. The van der Waals surface area contributed by atoms with Crippen LogP contribution in [0.1, 0.15) is 26.8 Å². The van der Waals surface area contributed by atoms with Crippen LogP contribution in [0.3, 0.4) is 0 Å². The van der Waals surface area contributed by atoms with Crippen molar-refractivity contribution in [3.63, 3.8) is 0 Å². The third-order valence-electron chi connectivity index (χ3n) is 3.70. The molecule has 0 radical (unpaired) electrons. The fraction of sp³-hybridized carbons (Fsp3) is 0.278. The molecular formula is C18H19ClN4O2. The van der Waals surface area contributed by atoms with Crippen LogP contribution < -0.4 is 10.1 Å². The van der Waals surface area contributed by atoms with Crippen molar-refractivity contribution in [2.24, 2.45) is 0 Å². The Balaban J connectivity index is 1.72. The molecule has 0 saturated carbocycles. The van der Waals surface area contributed by atoms with Gasteiger partial charge in [-0.25, -0.2) is 9.67 Å². The van der Waals surface area contributed by atoms with Crippen molar-refractivity contribution >= 4 is 34.2 Å². The van der Waals surface area contributed by atoms with E-state index in [1.54, 1.807) is 43.6 Å². The molecule has 0 aliphatic heterocycles. The first kappa shape index (κ1) is 17.2. The zero-order valence-electron chi connectivity index (χ0n) is 14.2. The number of amides is 1. The Morgan fingerprint density at radius 1 is 1.24 bits per heavy atom. The van der Waals surface area contributed by atoms with Crippen molar-refractivity contribution in [3.8, 4) is 5.75 Å². The molecule has 0 spiro atoms. The Labute approximate surface area is 150 Å². The highest BCUT2D eigenvalue weighted by Crippen LogP contribution is 2.24. The van der Waals surface area contributed by atoms with E-state index in [-0.39, 0.29) is 11.9 Å². The lowest BCUT2D eigenvalue weighted by Gasteiger charge is -2.15. The molecule has 1 aromatic carbocycles. The van der Waals surface area contributed by atoms with Crippen LogP contribution >= 0.6 is 11.6 Å². The van der Waals surface area contributed by atoms with Crippen LogP contribution in [0.15, 0.2) is 42.7 Å². The summed E-state index contributed by atoms with van der Waals surface area (Å²) in [6.07, 6.45) is 2.65. The van der Waals surface area contributed by atoms with Gasteiger partial charge in [0.05, 0.1) is 23.1 Å². The Kier molecular flexibility index (Phi) is 4.90. The Hall–Kier alpha value is -2.60. The fourth-order valence-electron chi connectivity index (χ4n) is 2.41. The summed E-state index contributed by atoms with van der Waals surface area (Å²) in [6, 6.07) is 9.10. The number of hydrogen-bond donors (Lipinski definition) is 1. The third-order valence-corrected chi connectivity index (χ3v) is 4.01. The Bertz CT molecular complexity index is 907. The number of nitrogens with one attached hydrogen (secondary N) is 1. The normalized spacial score (nSPS) is 12.4. The minimum Gasteiger partial charge on any atom is -0.479 e. The van der Waals surface area contributed by atoms with Crippen molar-refractivity contribution in [1.82, 2.24) is 14.8 Å². The average Bonchev–Trinajstić information content (AvgIpc) is 3.00. The molecule has 130 valence electrons. The van der Waals surface area contributed by atoms with Gasteiger partial charge in [-0.3, -0.25) is 4.79 Å². The van der Waals surface area contributed by atoms with Gasteiger partial charge in [0.1, 0.15) is 5.75 Å². The first-order valence-electron chi connectivity index (χ1n) is 8.01. The first-order chi connectivity index (χ1) is 12.0. The number of pyridine rings is 1. The van der Waals surface area contributed by atoms with E-state index in [1.165, 1.54) is 0 Å². The largest absolute Gasteiger partial charge is 0.479 e. The first-order valence-corrected chi connectivity index (χ1v) is 8.39. The Morgan fingerprint density at radius 3 is 2.72 bits per heavy atom. The number of ether oxygens (including phenoxy) is 1. The third kappa shape index (κ3) is 3.74. The molecule has 2 heterocycles. The maximum absolute atomic E-state index is 12.3. The molecule has 1 atom stereocenters. The van der Waals surface area contributed by atoms with Gasteiger partial charge in [-0.1, -0.05) is 23.7 Å². The maximum atomic E-state index is 12.3. The summed E-state index contributed by atoms with van der Waals surface area (Å²) >= 11 is 6.05. The molecule has 25 heavy (non-hydrogen) atoms. The average molecular weight is 359 g/mol. The number of para-hydroxylation sites is 1. The molecule has 0 aliphatic rings. The van der Waals surface area contributed by atoms with E-state index >= 15 is 0 Å². The fourth-order valence-corrected chi connectivity index (χ4v) is 2.59. The van der Waals surface area contributed by atoms with Gasteiger partial charge in [0, 0.05) is 11.4 Å². The molecule has 2 aromatic heterocycles. The smallest absolute Gasteiger partial charge is 0.265 e. The van der Waals surface area contributed by atoms with Gasteiger partial charge in [-0.2, -0.15) is 5.10 Å². The predicted molar refractivity (Wildman–Crippen MR) is 98.1 cm³/mol. The topological polar surface area (TPSA) is 69.0 Å². The molecule has 3 aromatic rings. The number of anilines is 1. The monoisotopic (exact) mass is 358 g/mol. The Morgan fingerprint density at radius 2 is 2.00 bits per heavy atom. The lowest BCUT2D eigenvalue weighted by Crippen LogP contribution is -2.30. The minimum absolute atomic E-state index is 0.217. The highest BCUT2D eigenvalue weighted by atomic mass is 35.5. The molecule has 3 rings (SSSR count). The van der Waals surface area contributed by atoms with Crippen LogP contribution in [0.2, 0.25) is 5.02 Å². The summed E-state index contributed by atoms with van der Waals surface area (Å²) in [6.45, 7) is 5.75. The summed E-state index contributed by atoms with van der Waals surface area (Å²) in [5, 5.41) is 8.45. The van der Waals surface area contributed by atoms with Crippen LogP contribution in [-0.2, 0) is 4.79 Å². The number of rotatable bonds is 5. The van der Waals surface area contributed by atoms with Gasteiger partial charge < -0.3 is 10.1 Å². The second kappa shape index (κ2) is 7.11. The molecule has 1 amide bonds. The van der Waals surface area contributed by atoms with Crippen LogP contribution in [-0.4, -0.2) is 26.8 Å². The molecule has 7 heteroatoms. The molecule has 0 aliphatic carbocycles. The predicted octanol–water partition coefficient (Wildman–Crippen LogP) is 4.07. The summed E-state index contributed by atoms with van der Waals surface area (Å²) in [7, 11) is 0. The van der Waals surface area contributed by atoms with Crippen LogP contribution in [0, 0.1) is 0 Å².